The molecule has 2 amide bonds. The van der Waals surface area contributed by atoms with Crippen LogP contribution in [0.25, 0.3) is 0 Å². The summed E-state index contributed by atoms with van der Waals surface area (Å²) in [5, 5.41) is 5.46. The molecule has 8 heteroatoms. The number of aromatic nitrogens is 2. The number of H-pyrrole nitrogens is 2. The number of ether oxygens (including phenoxy) is 2. The predicted molar refractivity (Wildman–Crippen MR) is 99.2 cm³/mol. The molecular weight excluding hydrogens is 348 g/mol. The number of carbonyl (C=O) groups is 2. The maximum Gasteiger partial charge on any atom is 0.300 e. The lowest BCUT2D eigenvalue weighted by Crippen LogP contribution is -2.25. The van der Waals surface area contributed by atoms with Gasteiger partial charge in [0.15, 0.2) is 0 Å². The molecule has 0 atom stereocenters. The van der Waals surface area contributed by atoms with Crippen LogP contribution in [-0.2, 0) is 0 Å². The van der Waals surface area contributed by atoms with Gasteiger partial charge in [0.25, 0.3) is 11.8 Å². The van der Waals surface area contributed by atoms with E-state index in [1.54, 1.807) is 62.8 Å². The normalized spacial score (nSPS) is 10.1. The van der Waals surface area contributed by atoms with Gasteiger partial charge in [-0.2, -0.15) is 0 Å². The highest BCUT2D eigenvalue weighted by Gasteiger charge is 2.26. The van der Waals surface area contributed by atoms with Crippen molar-refractivity contribution in [2.45, 2.75) is 0 Å². The van der Waals surface area contributed by atoms with Crippen LogP contribution in [-0.4, -0.2) is 31.0 Å². The Kier molecular flexibility index (Phi) is 5.36. The number of carbonyl (C=O) groups excluding carboxylic acids is 2. The van der Waals surface area contributed by atoms with Gasteiger partial charge in [-0.25, -0.2) is 9.97 Å². The molecule has 4 N–H and O–H groups in total. The van der Waals surface area contributed by atoms with Crippen LogP contribution < -0.4 is 25.1 Å². The molecule has 0 saturated carbocycles. The SMILES string of the molecule is COc1ccc(NC(=O)c2[nH]c[nH+]c2C(=O)Nc2ccc(OC)cc2)cc1. The Hall–Kier alpha value is -3.81. The predicted octanol–water partition coefficient (Wildman–Crippen LogP) is 2.35. The van der Waals surface area contributed by atoms with Crippen molar-refractivity contribution in [2.24, 2.45) is 0 Å². The maximum absolute atomic E-state index is 12.5. The van der Waals surface area contributed by atoms with Gasteiger partial charge in [0.05, 0.1) is 14.2 Å². The second-order valence-corrected chi connectivity index (χ2v) is 5.55. The number of rotatable bonds is 6. The van der Waals surface area contributed by atoms with E-state index in [-0.39, 0.29) is 11.4 Å². The molecule has 138 valence electrons. The number of imidazole rings is 1. The Morgan fingerprint density at radius 2 is 1.30 bits per heavy atom. The number of hydrogen-bond acceptors (Lipinski definition) is 4. The van der Waals surface area contributed by atoms with Crippen LogP contribution in [0.2, 0.25) is 0 Å². The van der Waals surface area contributed by atoms with Crippen molar-refractivity contribution in [3.8, 4) is 11.5 Å². The molecule has 0 fully saturated rings. The first-order valence-electron chi connectivity index (χ1n) is 8.10. The van der Waals surface area contributed by atoms with Crippen molar-refractivity contribution in [2.75, 3.05) is 24.9 Å². The minimum atomic E-state index is -0.443. The van der Waals surface area contributed by atoms with Gasteiger partial charge in [-0.3, -0.25) is 9.59 Å². The Balaban J connectivity index is 1.71. The zero-order valence-corrected chi connectivity index (χ0v) is 14.8. The molecule has 2 aromatic carbocycles. The van der Waals surface area contributed by atoms with Crippen LogP contribution in [0.1, 0.15) is 21.0 Å². The summed E-state index contributed by atoms with van der Waals surface area (Å²) in [6.45, 7) is 0. The van der Waals surface area contributed by atoms with Crippen LogP contribution in [0.5, 0.6) is 11.5 Å². The third kappa shape index (κ3) is 4.24. The largest absolute Gasteiger partial charge is 0.497 e. The van der Waals surface area contributed by atoms with E-state index in [1.807, 2.05) is 0 Å². The van der Waals surface area contributed by atoms with E-state index < -0.39 is 11.8 Å². The molecule has 8 nitrogen and oxygen atoms in total. The van der Waals surface area contributed by atoms with Gasteiger partial charge >= 0.3 is 0 Å². The number of nitrogens with one attached hydrogen (secondary N) is 4. The Morgan fingerprint density at radius 1 is 0.815 bits per heavy atom. The number of benzene rings is 2. The highest BCUT2D eigenvalue weighted by Crippen LogP contribution is 2.17. The highest BCUT2D eigenvalue weighted by molar-refractivity contribution is 6.12. The lowest BCUT2D eigenvalue weighted by Gasteiger charge is -2.06. The maximum atomic E-state index is 12.5. The zero-order valence-electron chi connectivity index (χ0n) is 14.8. The second-order valence-electron chi connectivity index (χ2n) is 5.55. The van der Waals surface area contributed by atoms with E-state index in [0.717, 1.165) is 0 Å². The van der Waals surface area contributed by atoms with Gasteiger partial charge in [0.2, 0.25) is 17.7 Å². The smallest absolute Gasteiger partial charge is 0.300 e. The monoisotopic (exact) mass is 367 g/mol. The Labute approximate surface area is 155 Å². The number of aromatic amines is 2. The molecule has 0 spiro atoms. The number of methoxy groups -OCH3 is 2. The fraction of sp³-hybridized carbons (Fsp3) is 0.105. The molecule has 3 aromatic rings. The minimum Gasteiger partial charge on any atom is -0.497 e. The number of amides is 2. The van der Waals surface area contributed by atoms with Crippen molar-refractivity contribution in [1.29, 1.82) is 0 Å². The van der Waals surface area contributed by atoms with Crippen LogP contribution in [0.3, 0.4) is 0 Å². The molecule has 1 heterocycles. The van der Waals surface area contributed by atoms with Crippen LogP contribution >= 0.6 is 0 Å². The summed E-state index contributed by atoms with van der Waals surface area (Å²) in [6.07, 6.45) is 1.42. The first-order valence-corrected chi connectivity index (χ1v) is 8.10. The van der Waals surface area contributed by atoms with Gasteiger partial charge in [0.1, 0.15) is 11.5 Å². The van der Waals surface area contributed by atoms with Gasteiger partial charge < -0.3 is 20.1 Å². The quantitative estimate of drug-likeness (QED) is 0.622. The molecule has 0 aliphatic rings. The molecule has 0 aliphatic heterocycles. The van der Waals surface area contributed by atoms with Gasteiger partial charge in [-0.05, 0) is 48.5 Å². The lowest BCUT2D eigenvalue weighted by atomic mass is 10.2. The van der Waals surface area contributed by atoms with E-state index in [2.05, 4.69) is 20.6 Å². The average Bonchev–Trinajstić information content (AvgIpc) is 3.19. The summed E-state index contributed by atoms with van der Waals surface area (Å²) < 4.78 is 10.2. The fourth-order valence-corrected chi connectivity index (χ4v) is 2.42. The van der Waals surface area contributed by atoms with Crippen molar-refractivity contribution < 1.29 is 24.0 Å². The summed E-state index contributed by atoms with van der Waals surface area (Å²) in [5.41, 5.74) is 1.41. The van der Waals surface area contributed by atoms with E-state index >= 15 is 0 Å². The van der Waals surface area contributed by atoms with Gasteiger partial charge in [0, 0.05) is 11.4 Å². The van der Waals surface area contributed by atoms with Gasteiger partial charge in [-0.1, -0.05) is 0 Å². The van der Waals surface area contributed by atoms with Crippen molar-refractivity contribution in [1.82, 2.24) is 4.98 Å². The summed E-state index contributed by atoms with van der Waals surface area (Å²) in [7, 11) is 3.13. The van der Waals surface area contributed by atoms with E-state index in [4.69, 9.17) is 9.47 Å². The van der Waals surface area contributed by atoms with E-state index in [1.165, 1.54) is 6.33 Å². The number of anilines is 2. The standard InChI is InChI=1S/C19H18N4O4/c1-26-14-7-3-12(4-8-14)22-18(24)16-17(21-11-20-16)19(25)23-13-5-9-15(27-2)10-6-13/h3-11H,1-2H3,(H,20,21)(H,22,24)(H,23,25)/p+1. The van der Waals surface area contributed by atoms with Crippen LogP contribution in [0, 0.1) is 0 Å². The van der Waals surface area contributed by atoms with Crippen LogP contribution in [0.15, 0.2) is 54.9 Å². The van der Waals surface area contributed by atoms with E-state index in [0.29, 0.717) is 22.9 Å². The Morgan fingerprint density at radius 3 is 1.78 bits per heavy atom. The zero-order chi connectivity index (χ0) is 19.2. The third-order valence-electron chi connectivity index (χ3n) is 3.83. The van der Waals surface area contributed by atoms with Crippen molar-refractivity contribution >= 4 is 23.2 Å². The topological polar surface area (TPSA) is 107 Å². The van der Waals surface area contributed by atoms with Crippen molar-refractivity contribution in [3.63, 3.8) is 0 Å². The van der Waals surface area contributed by atoms with Crippen LogP contribution in [0.4, 0.5) is 11.4 Å². The summed E-state index contributed by atoms with van der Waals surface area (Å²) in [6, 6.07) is 13.8. The van der Waals surface area contributed by atoms with E-state index in [9.17, 15) is 9.59 Å². The summed E-state index contributed by atoms with van der Waals surface area (Å²) in [4.78, 5) is 30.5. The molecule has 3 rings (SSSR count). The molecule has 0 aliphatic carbocycles. The molecule has 0 saturated heterocycles. The van der Waals surface area contributed by atoms with Gasteiger partial charge in [-0.15, -0.1) is 0 Å². The molecule has 0 radical (unpaired) electrons. The third-order valence-corrected chi connectivity index (χ3v) is 3.83. The summed E-state index contributed by atoms with van der Waals surface area (Å²) >= 11 is 0. The first-order chi connectivity index (χ1) is 13.1. The molecule has 0 unspecified atom stereocenters. The first kappa shape index (κ1) is 18.0. The molecule has 27 heavy (non-hydrogen) atoms. The minimum absolute atomic E-state index is 0.122. The molecule has 1 aromatic heterocycles. The van der Waals surface area contributed by atoms with Crippen molar-refractivity contribution in [3.05, 3.63) is 66.2 Å². The summed E-state index contributed by atoms with van der Waals surface area (Å²) in [5.74, 6) is 0.476. The molecular formula is C19H19N4O4+. The number of hydrogen-bond donors (Lipinski definition) is 3. The molecule has 0 bridgehead atoms. The fourth-order valence-electron chi connectivity index (χ4n) is 2.42. The highest BCUT2D eigenvalue weighted by atomic mass is 16.5. The average molecular weight is 367 g/mol. The Bertz CT molecular complexity index is 857. The lowest BCUT2D eigenvalue weighted by molar-refractivity contribution is -0.379. The second kappa shape index (κ2) is 8.05.